The number of anilines is 1. The van der Waals surface area contributed by atoms with Crippen LogP contribution in [0.1, 0.15) is 25.2 Å². The monoisotopic (exact) mass is 431 g/mol. The first-order valence-corrected chi connectivity index (χ1v) is 10.6. The summed E-state index contributed by atoms with van der Waals surface area (Å²) >= 11 is 7.28. The molecule has 29 heavy (non-hydrogen) atoms. The molecule has 0 aliphatic rings. The quantitative estimate of drug-likeness (QED) is 0.403. The number of nitrogens with zero attached hydrogens (tertiary/aromatic N) is 4. The van der Waals surface area contributed by atoms with Crippen LogP contribution in [0.3, 0.4) is 0 Å². The molecule has 3 rings (SSSR count). The summed E-state index contributed by atoms with van der Waals surface area (Å²) in [6, 6.07) is 11.4. The zero-order chi connectivity index (χ0) is 20.6. The molecule has 0 saturated heterocycles. The first kappa shape index (κ1) is 21.1. The number of hydrogen-bond acceptors (Lipinski definition) is 6. The van der Waals surface area contributed by atoms with Crippen molar-refractivity contribution in [2.24, 2.45) is 0 Å². The smallest absolute Gasteiger partial charge is 0.234 e. The predicted molar refractivity (Wildman–Crippen MR) is 114 cm³/mol. The zero-order valence-corrected chi connectivity index (χ0v) is 17.8. The minimum Gasteiger partial charge on any atom is -0.486 e. The van der Waals surface area contributed by atoms with Gasteiger partial charge in [0.2, 0.25) is 5.91 Å². The van der Waals surface area contributed by atoms with Gasteiger partial charge in [0.25, 0.3) is 0 Å². The van der Waals surface area contributed by atoms with Crippen molar-refractivity contribution in [3.8, 4) is 5.75 Å². The summed E-state index contributed by atoms with van der Waals surface area (Å²) < 4.78 is 7.77. The molecule has 0 spiro atoms. The normalized spacial score (nSPS) is 10.7. The fraction of sp³-hybridized carbons (Fsp3) is 0.300. The number of rotatable bonds is 9. The Balaban J connectivity index is 1.57. The van der Waals surface area contributed by atoms with Crippen LogP contribution in [0.15, 0.2) is 47.8 Å². The number of hydrogen-bond donors (Lipinski definition) is 1. The average molecular weight is 432 g/mol. The summed E-state index contributed by atoms with van der Waals surface area (Å²) in [7, 11) is 0. The van der Waals surface area contributed by atoms with Gasteiger partial charge in [-0.05, 0) is 43.2 Å². The van der Waals surface area contributed by atoms with Crippen molar-refractivity contribution in [1.29, 1.82) is 0 Å². The number of pyridine rings is 1. The van der Waals surface area contributed by atoms with Crippen LogP contribution in [0, 0.1) is 0 Å². The zero-order valence-electron chi connectivity index (χ0n) is 16.3. The lowest BCUT2D eigenvalue weighted by Crippen LogP contribution is -2.15. The van der Waals surface area contributed by atoms with Crippen LogP contribution < -0.4 is 10.1 Å². The SMILES string of the molecule is CCc1ccc(OCc2nnc(SCC(=O)Nc3cccnc3Cl)n2CC)cc1. The molecule has 7 nitrogen and oxygen atoms in total. The van der Waals surface area contributed by atoms with Crippen LogP contribution >= 0.6 is 23.4 Å². The van der Waals surface area contributed by atoms with Gasteiger partial charge < -0.3 is 14.6 Å². The summed E-state index contributed by atoms with van der Waals surface area (Å²) in [5, 5.41) is 12.1. The molecule has 0 fully saturated rings. The number of nitrogens with one attached hydrogen (secondary N) is 1. The molecule has 1 N–H and O–H groups in total. The van der Waals surface area contributed by atoms with E-state index in [0.29, 0.717) is 29.8 Å². The third kappa shape index (κ3) is 5.71. The predicted octanol–water partition coefficient (Wildman–Crippen LogP) is 4.22. The van der Waals surface area contributed by atoms with Crippen molar-refractivity contribution >= 4 is 35.0 Å². The Bertz CT molecular complexity index is 962. The second-order valence-corrected chi connectivity index (χ2v) is 7.41. The van der Waals surface area contributed by atoms with E-state index in [1.807, 2.05) is 35.8 Å². The van der Waals surface area contributed by atoms with Crippen molar-refractivity contribution in [1.82, 2.24) is 19.7 Å². The van der Waals surface area contributed by atoms with E-state index in [9.17, 15) is 4.79 Å². The Morgan fingerprint density at radius 1 is 1.21 bits per heavy atom. The highest BCUT2D eigenvalue weighted by atomic mass is 35.5. The van der Waals surface area contributed by atoms with Gasteiger partial charge in [0.05, 0.1) is 11.4 Å². The molecule has 0 bridgehead atoms. The Labute approximate surface area is 178 Å². The lowest BCUT2D eigenvalue weighted by molar-refractivity contribution is -0.113. The van der Waals surface area contributed by atoms with Gasteiger partial charge in [0.1, 0.15) is 12.4 Å². The van der Waals surface area contributed by atoms with E-state index >= 15 is 0 Å². The van der Waals surface area contributed by atoms with E-state index in [0.717, 1.165) is 12.2 Å². The Morgan fingerprint density at radius 3 is 2.69 bits per heavy atom. The molecule has 0 radical (unpaired) electrons. The summed E-state index contributed by atoms with van der Waals surface area (Å²) in [5.41, 5.74) is 1.75. The van der Waals surface area contributed by atoms with Crippen LogP contribution in [0.25, 0.3) is 0 Å². The number of carbonyl (C=O) groups is 1. The van der Waals surface area contributed by atoms with Gasteiger partial charge in [-0.3, -0.25) is 4.79 Å². The van der Waals surface area contributed by atoms with Crippen molar-refractivity contribution in [3.63, 3.8) is 0 Å². The minimum atomic E-state index is -0.190. The Kier molecular flexibility index (Phi) is 7.48. The maximum atomic E-state index is 12.2. The number of benzene rings is 1. The molecule has 3 aromatic rings. The maximum Gasteiger partial charge on any atom is 0.234 e. The fourth-order valence-corrected chi connectivity index (χ4v) is 3.60. The minimum absolute atomic E-state index is 0.183. The van der Waals surface area contributed by atoms with E-state index in [1.165, 1.54) is 17.3 Å². The van der Waals surface area contributed by atoms with Gasteiger partial charge in [-0.15, -0.1) is 10.2 Å². The Hall–Kier alpha value is -2.58. The Morgan fingerprint density at radius 2 is 2.00 bits per heavy atom. The van der Waals surface area contributed by atoms with E-state index in [4.69, 9.17) is 16.3 Å². The standard InChI is InChI=1S/C20H22ClN5O2S/c1-3-14-7-9-15(10-8-14)28-12-17-24-25-20(26(17)4-2)29-13-18(27)23-16-6-5-11-22-19(16)21/h5-11H,3-4,12-13H2,1-2H3,(H,23,27). The molecule has 1 amide bonds. The van der Waals surface area contributed by atoms with Crippen molar-refractivity contribution in [3.05, 3.63) is 59.1 Å². The fourth-order valence-electron chi connectivity index (χ4n) is 2.62. The van der Waals surface area contributed by atoms with Crippen molar-refractivity contribution in [2.45, 2.75) is 38.6 Å². The summed E-state index contributed by atoms with van der Waals surface area (Å²) in [6.45, 7) is 5.11. The molecule has 2 heterocycles. The highest BCUT2D eigenvalue weighted by Gasteiger charge is 2.14. The van der Waals surface area contributed by atoms with Crippen LogP contribution in [0.2, 0.25) is 5.15 Å². The van der Waals surface area contributed by atoms with E-state index in [2.05, 4.69) is 27.4 Å². The van der Waals surface area contributed by atoms with Crippen LogP contribution in [0.5, 0.6) is 5.75 Å². The molecule has 0 aliphatic carbocycles. The van der Waals surface area contributed by atoms with Gasteiger partial charge in [0.15, 0.2) is 16.1 Å². The topological polar surface area (TPSA) is 81.9 Å². The first-order valence-electron chi connectivity index (χ1n) is 9.27. The van der Waals surface area contributed by atoms with Gasteiger partial charge in [-0.1, -0.05) is 42.4 Å². The van der Waals surface area contributed by atoms with Gasteiger partial charge in [-0.2, -0.15) is 0 Å². The summed E-state index contributed by atoms with van der Waals surface area (Å²) in [4.78, 5) is 16.1. The summed E-state index contributed by atoms with van der Waals surface area (Å²) in [5.74, 6) is 1.49. The van der Waals surface area contributed by atoms with E-state index in [1.54, 1.807) is 18.3 Å². The number of ether oxygens (including phenoxy) is 1. The molecule has 2 aromatic heterocycles. The lowest BCUT2D eigenvalue weighted by atomic mass is 10.2. The van der Waals surface area contributed by atoms with Crippen LogP contribution in [0.4, 0.5) is 5.69 Å². The largest absolute Gasteiger partial charge is 0.486 e. The van der Waals surface area contributed by atoms with Crippen molar-refractivity contribution in [2.75, 3.05) is 11.1 Å². The molecular formula is C20H22ClN5O2S. The van der Waals surface area contributed by atoms with Gasteiger partial charge >= 0.3 is 0 Å². The third-order valence-electron chi connectivity index (χ3n) is 4.17. The second-order valence-electron chi connectivity index (χ2n) is 6.11. The third-order valence-corrected chi connectivity index (χ3v) is 5.44. The van der Waals surface area contributed by atoms with Crippen LogP contribution in [-0.2, 0) is 24.4 Å². The number of aryl methyl sites for hydroxylation is 1. The lowest BCUT2D eigenvalue weighted by Gasteiger charge is -2.09. The molecule has 9 heteroatoms. The number of halogens is 1. The highest BCUT2D eigenvalue weighted by Crippen LogP contribution is 2.21. The molecule has 1 aromatic carbocycles. The molecule has 0 saturated carbocycles. The highest BCUT2D eigenvalue weighted by molar-refractivity contribution is 7.99. The molecule has 152 valence electrons. The van der Waals surface area contributed by atoms with Crippen molar-refractivity contribution < 1.29 is 9.53 Å². The number of amides is 1. The number of thioether (sulfide) groups is 1. The molecule has 0 unspecified atom stereocenters. The number of carbonyl (C=O) groups excluding carboxylic acids is 1. The van der Waals surface area contributed by atoms with Gasteiger partial charge in [-0.25, -0.2) is 4.98 Å². The van der Waals surface area contributed by atoms with Crippen LogP contribution in [-0.4, -0.2) is 31.4 Å². The van der Waals surface area contributed by atoms with E-state index in [-0.39, 0.29) is 16.8 Å². The molecule has 0 atom stereocenters. The maximum absolute atomic E-state index is 12.2. The molecule has 0 aliphatic heterocycles. The summed E-state index contributed by atoms with van der Waals surface area (Å²) in [6.07, 6.45) is 2.56. The average Bonchev–Trinajstić information content (AvgIpc) is 3.14. The number of aromatic nitrogens is 4. The molecular weight excluding hydrogens is 410 g/mol. The second kappa shape index (κ2) is 10.3. The first-order chi connectivity index (χ1) is 14.1. The van der Waals surface area contributed by atoms with Gasteiger partial charge in [0, 0.05) is 12.7 Å². The van der Waals surface area contributed by atoms with E-state index < -0.39 is 0 Å².